The van der Waals surface area contributed by atoms with E-state index < -0.39 is 22.0 Å². The van der Waals surface area contributed by atoms with Crippen molar-refractivity contribution in [1.82, 2.24) is 14.9 Å². The summed E-state index contributed by atoms with van der Waals surface area (Å²) in [6.45, 7) is 1.21. The molecule has 3 aliphatic rings. The standard InChI is InChI=1S/C24H26N4O5S/c1-27-10-2-3-16-6-7-18(12-21(16)27)34(32,33)25-13-15-4-5-17-14-28(24(31)19(17)11-15)20-8-9-22(29)26-23(20)30/h4-7,11-12,20,25H,2-3,8-10,13-14H2,1H3,(H,26,29,30). The smallest absolute Gasteiger partial charge is 0.255 e. The molecule has 0 bridgehead atoms. The number of anilines is 1. The third kappa shape index (κ3) is 4.07. The van der Waals surface area contributed by atoms with Crippen LogP contribution in [0.1, 0.15) is 46.3 Å². The second-order valence-corrected chi connectivity index (χ2v) is 10.8. The Morgan fingerprint density at radius 3 is 2.65 bits per heavy atom. The van der Waals surface area contributed by atoms with Gasteiger partial charge in [-0.1, -0.05) is 18.2 Å². The number of aryl methyl sites for hydroxylation is 1. The van der Waals surface area contributed by atoms with Crippen molar-refractivity contribution in [3.05, 3.63) is 58.7 Å². The van der Waals surface area contributed by atoms with Crippen molar-refractivity contribution in [2.24, 2.45) is 0 Å². The SMILES string of the molecule is CN1CCCc2ccc(S(=O)(=O)NCc3ccc4c(c3)C(=O)N(C3CCC(=O)NC3=O)C4)cc21. The van der Waals surface area contributed by atoms with Gasteiger partial charge >= 0.3 is 0 Å². The molecule has 1 saturated heterocycles. The Kier molecular flexibility index (Phi) is 5.65. The van der Waals surface area contributed by atoms with Crippen molar-refractivity contribution in [1.29, 1.82) is 0 Å². The predicted octanol–water partition coefficient (Wildman–Crippen LogP) is 1.31. The van der Waals surface area contributed by atoms with E-state index in [-0.39, 0.29) is 36.2 Å². The van der Waals surface area contributed by atoms with Crippen LogP contribution in [0.5, 0.6) is 0 Å². The average molecular weight is 483 g/mol. The van der Waals surface area contributed by atoms with Gasteiger partial charge in [0.1, 0.15) is 6.04 Å². The van der Waals surface area contributed by atoms with Gasteiger partial charge in [0.25, 0.3) is 5.91 Å². The number of nitrogens with one attached hydrogen (secondary N) is 2. The van der Waals surface area contributed by atoms with Crippen LogP contribution in [0.15, 0.2) is 41.3 Å². The highest BCUT2D eigenvalue weighted by Crippen LogP contribution is 2.30. The number of rotatable bonds is 5. The topological polar surface area (TPSA) is 116 Å². The molecule has 5 rings (SSSR count). The van der Waals surface area contributed by atoms with Gasteiger partial charge in [-0.15, -0.1) is 0 Å². The van der Waals surface area contributed by atoms with E-state index in [1.165, 1.54) is 4.90 Å². The fourth-order valence-corrected chi connectivity index (χ4v) is 5.92. The maximum atomic E-state index is 13.0. The Morgan fingerprint density at radius 1 is 1.06 bits per heavy atom. The lowest BCUT2D eigenvalue weighted by atomic mass is 10.0. The molecule has 3 heterocycles. The van der Waals surface area contributed by atoms with Gasteiger partial charge in [-0.3, -0.25) is 19.7 Å². The van der Waals surface area contributed by atoms with E-state index in [9.17, 15) is 22.8 Å². The second kappa shape index (κ2) is 8.52. The molecule has 10 heteroatoms. The third-order valence-corrected chi connectivity index (χ3v) is 8.18. The van der Waals surface area contributed by atoms with Crippen LogP contribution >= 0.6 is 0 Å². The van der Waals surface area contributed by atoms with E-state index in [1.807, 2.05) is 13.1 Å². The van der Waals surface area contributed by atoms with Crippen LogP contribution in [-0.4, -0.2) is 50.7 Å². The summed E-state index contributed by atoms with van der Waals surface area (Å²) in [4.78, 5) is 40.4. The maximum absolute atomic E-state index is 13.0. The zero-order valence-electron chi connectivity index (χ0n) is 18.8. The van der Waals surface area contributed by atoms with Crippen LogP contribution in [0.4, 0.5) is 5.69 Å². The number of fused-ring (bicyclic) bond motifs is 2. The molecule has 1 fully saturated rings. The highest BCUT2D eigenvalue weighted by atomic mass is 32.2. The number of benzene rings is 2. The van der Waals surface area contributed by atoms with E-state index in [2.05, 4.69) is 14.9 Å². The molecular weight excluding hydrogens is 456 g/mol. The zero-order valence-corrected chi connectivity index (χ0v) is 19.7. The Morgan fingerprint density at radius 2 is 1.85 bits per heavy atom. The number of hydrogen-bond acceptors (Lipinski definition) is 6. The Bertz CT molecular complexity index is 1310. The first-order valence-corrected chi connectivity index (χ1v) is 12.8. The summed E-state index contributed by atoms with van der Waals surface area (Å²) in [5.41, 5.74) is 3.96. The summed E-state index contributed by atoms with van der Waals surface area (Å²) in [6, 6.07) is 9.77. The van der Waals surface area contributed by atoms with E-state index in [1.54, 1.807) is 30.3 Å². The summed E-state index contributed by atoms with van der Waals surface area (Å²) >= 11 is 0. The lowest BCUT2D eigenvalue weighted by Crippen LogP contribution is -2.52. The fraction of sp³-hybridized carbons (Fsp3) is 0.375. The summed E-state index contributed by atoms with van der Waals surface area (Å²) in [5.74, 6) is -1.07. The normalized spacial score (nSPS) is 20.3. The van der Waals surface area contributed by atoms with E-state index in [0.717, 1.165) is 36.2 Å². The van der Waals surface area contributed by atoms with Crippen molar-refractivity contribution in [2.75, 3.05) is 18.5 Å². The monoisotopic (exact) mass is 482 g/mol. The Balaban J connectivity index is 1.30. The lowest BCUT2D eigenvalue weighted by Gasteiger charge is -2.29. The maximum Gasteiger partial charge on any atom is 0.255 e. The van der Waals surface area contributed by atoms with Gasteiger partial charge in [0.15, 0.2) is 0 Å². The number of nitrogens with zero attached hydrogens (tertiary/aromatic N) is 2. The number of hydrogen-bond donors (Lipinski definition) is 2. The molecule has 9 nitrogen and oxygen atoms in total. The van der Waals surface area contributed by atoms with Crippen LogP contribution in [0.2, 0.25) is 0 Å². The molecule has 1 unspecified atom stereocenters. The van der Waals surface area contributed by atoms with Crippen LogP contribution < -0.4 is 14.9 Å². The van der Waals surface area contributed by atoms with Crippen LogP contribution in [0, 0.1) is 0 Å². The summed E-state index contributed by atoms with van der Waals surface area (Å²) in [6.07, 6.45) is 2.48. The second-order valence-electron chi connectivity index (χ2n) is 9.03. The van der Waals surface area contributed by atoms with Gasteiger partial charge in [-0.25, -0.2) is 13.1 Å². The van der Waals surface area contributed by atoms with Crippen LogP contribution in [0.3, 0.4) is 0 Å². The molecular formula is C24H26N4O5S. The van der Waals surface area contributed by atoms with Gasteiger partial charge < -0.3 is 9.80 Å². The average Bonchev–Trinajstić information content (AvgIpc) is 3.13. The van der Waals surface area contributed by atoms with Gasteiger partial charge in [0.05, 0.1) is 4.90 Å². The van der Waals surface area contributed by atoms with Crippen molar-refractivity contribution in [2.45, 2.75) is 49.7 Å². The number of amides is 3. The van der Waals surface area contributed by atoms with E-state index in [0.29, 0.717) is 17.5 Å². The van der Waals surface area contributed by atoms with Crippen molar-refractivity contribution >= 4 is 33.4 Å². The van der Waals surface area contributed by atoms with Gasteiger partial charge in [0.2, 0.25) is 21.8 Å². The number of carbonyl (C=O) groups excluding carboxylic acids is 3. The quantitative estimate of drug-likeness (QED) is 0.621. The largest absolute Gasteiger partial charge is 0.374 e. The van der Waals surface area contributed by atoms with E-state index >= 15 is 0 Å². The molecule has 0 spiro atoms. The van der Waals surface area contributed by atoms with E-state index in [4.69, 9.17) is 0 Å². The predicted molar refractivity (Wildman–Crippen MR) is 125 cm³/mol. The number of sulfonamides is 1. The van der Waals surface area contributed by atoms with Crippen LogP contribution in [-0.2, 0) is 39.1 Å². The minimum absolute atomic E-state index is 0.0359. The molecule has 2 aromatic carbocycles. The highest BCUT2D eigenvalue weighted by molar-refractivity contribution is 7.89. The molecule has 0 aliphatic carbocycles. The molecule has 2 N–H and O–H groups in total. The first-order valence-electron chi connectivity index (χ1n) is 11.3. The third-order valence-electron chi connectivity index (χ3n) is 6.78. The van der Waals surface area contributed by atoms with Crippen molar-refractivity contribution < 1.29 is 22.8 Å². The summed E-state index contributed by atoms with van der Waals surface area (Å²) in [5, 5.41) is 2.29. The summed E-state index contributed by atoms with van der Waals surface area (Å²) in [7, 11) is -1.78. The Hall–Kier alpha value is -3.24. The first kappa shape index (κ1) is 22.5. The number of imide groups is 1. The summed E-state index contributed by atoms with van der Waals surface area (Å²) < 4.78 is 28.5. The molecule has 0 radical (unpaired) electrons. The molecule has 34 heavy (non-hydrogen) atoms. The number of carbonyl (C=O) groups is 3. The fourth-order valence-electron chi connectivity index (χ4n) is 4.88. The highest BCUT2D eigenvalue weighted by Gasteiger charge is 2.39. The molecule has 0 saturated carbocycles. The molecule has 1 atom stereocenters. The van der Waals surface area contributed by atoms with Gasteiger partial charge in [0, 0.05) is 44.4 Å². The molecule has 3 aliphatic heterocycles. The Labute approximate surface area is 198 Å². The minimum atomic E-state index is -3.74. The zero-order chi connectivity index (χ0) is 24.0. The molecule has 178 valence electrons. The van der Waals surface area contributed by atoms with Gasteiger partial charge in [-0.2, -0.15) is 0 Å². The number of piperidine rings is 1. The van der Waals surface area contributed by atoms with Crippen LogP contribution in [0.25, 0.3) is 0 Å². The first-order chi connectivity index (χ1) is 16.2. The van der Waals surface area contributed by atoms with Crippen molar-refractivity contribution in [3.8, 4) is 0 Å². The van der Waals surface area contributed by atoms with Gasteiger partial charge in [-0.05, 0) is 54.2 Å². The minimum Gasteiger partial charge on any atom is -0.374 e. The molecule has 2 aromatic rings. The lowest BCUT2D eigenvalue weighted by molar-refractivity contribution is -0.136. The molecule has 0 aromatic heterocycles. The van der Waals surface area contributed by atoms with Crippen molar-refractivity contribution in [3.63, 3.8) is 0 Å². The molecule has 3 amide bonds.